The number of amides is 1. The number of hydrogen-bond donors (Lipinski definition) is 0. The average molecular weight is 498 g/mol. The summed E-state index contributed by atoms with van der Waals surface area (Å²) < 4.78 is 11.0. The quantitative estimate of drug-likeness (QED) is 0.425. The zero-order valence-electron chi connectivity index (χ0n) is 19.2. The largest absolute Gasteiger partial charge is 0.454 e. The maximum Gasteiger partial charge on any atom is 0.273 e. The molecule has 3 aromatic rings. The summed E-state index contributed by atoms with van der Waals surface area (Å²) in [7, 11) is 0. The molecule has 2 aliphatic rings. The first kappa shape index (κ1) is 23.1. The van der Waals surface area contributed by atoms with Crippen molar-refractivity contribution in [3.8, 4) is 11.5 Å². The first-order valence-electron chi connectivity index (χ1n) is 11.6. The predicted octanol–water partition coefficient (Wildman–Crippen LogP) is 5.60. The van der Waals surface area contributed by atoms with E-state index in [0.29, 0.717) is 24.7 Å². The van der Waals surface area contributed by atoms with Gasteiger partial charge in [0.15, 0.2) is 11.5 Å². The van der Waals surface area contributed by atoms with Gasteiger partial charge in [0.2, 0.25) is 6.79 Å². The number of piperidine rings is 1. The second kappa shape index (κ2) is 10.3. The van der Waals surface area contributed by atoms with E-state index in [4.69, 9.17) is 26.1 Å². The van der Waals surface area contributed by atoms with Crippen LogP contribution in [0.2, 0.25) is 5.02 Å². The standard InChI is InChI=1S/C26H28ClN3O3S/c1-18-8-10-30(11-9-18)26(31)22-16-34-25(28-22)15-29(13-19-2-5-21(27)6-3-19)14-20-4-7-23-24(12-20)33-17-32-23/h2-7,12,16,18H,8-11,13-15,17H2,1H3. The highest BCUT2D eigenvalue weighted by Gasteiger charge is 2.24. The van der Waals surface area contributed by atoms with Crippen molar-refractivity contribution in [2.45, 2.75) is 39.4 Å². The van der Waals surface area contributed by atoms with E-state index in [0.717, 1.165) is 59.6 Å². The minimum atomic E-state index is 0.0504. The number of fused-ring (bicyclic) bond motifs is 1. The number of halogens is 1. The molecular formula is C26H28ClN3O3S. The molecule has 3 heterocycles. The van der Waals surface area contributed by atoms with E-state index >= 15 is 0 Å². The Morgan fingerprint density at radius 1 is 1.06 bits per heavy atom. The van der Waals surface area contributed by atoms with Crippen molar-refractivity contribution in [2.75, 3.05) is 19.9 Å². The molecule has 1 aromatic heterocycles. The molecule has 34 heavy (non-hydrogen) atoms. The van der Waals surface area contributed by atoms with Gasteiger partial charge in [-0.25, -0.2) is 4.98 Å². The van der Waals surface area contributed by atoms with Crippen molar-refractivity contribution in [2.24, 2.45) is 5.92 Å². The summed E-state index contributed by atoms with van der Waals surface area (Å²) in [6.07, 6.45) is 2.13. The Labute approximate surface area is 209 Å². The van der Waals surface area contributed by atoms with E-state index in [1.165, 1.54) is 5.56 Å². The molecule has 0 aliphatic carbocycles. The zero-order chi connectivity index (χ0) is 23.5. The summed E-state index contributed by atoms with van der Waals surface area (Å²) >= 11 is 7.63. The molecule has 0 bridgehead atoms. The van der Waals surface area contributed by atoms with Gasteiger partial charge in [-0.15, -0.1) is 11.3 Å². The fraction of sp³-hybridized carbons (Fsp3) is 0.385. The Balaban J connectivity index is 1.31. The number of likely N-dealkylation sites (tertiary alicyclic amines) is 1. The van der Waals surface area contributed by atoms with Crippen LogP contribution in [0.4, 0.5) is 0 Å². The minimum Gasteiger partial charge on any atom is -0.454 e. The molecule has 0 N–H and O–H groups in total. The summed E-state index contributed by atoms with van der Waals surface area (Å²) in [6, 6.07) is 14.0. The third kappa shape index (κ3) is 5.54. The molecule has 0 unspecified atom stereocenters. The number of thiazole rings is 1. The lowest BCUT2D eigenvalue weighted by Gasteiger charge is -2.29. The van der Waals surface area contributed by atoms with Gasteiger partial charge in [0.05, 0.1) is 6.54 Å². The van der Waals surface area contributed by atoms with Crippen molar-refractivity contribution < 1.29 is 14.3 Å². The lowest BCUT2D eigenvalue weighted by atomic mass is 9.99. The van der Waals surface area contributed by atoms with Crippen LogP contribution in [0.15, 0.2) is 47.8 Å². The molecule has 0 saturated carbocycles. The molecule has 0 atom stereocenters. The number of carbonyl (C=O) groups excluding carboxylic acids is 1. The van der Waals surface area contributed by atoms with E-state index in [-0.39, 0.29) is 12.7 Å². The SMILES string of the molecule is CC1CCN(C(=O)c2csc(CN(Cc3ccc(Cl)cc3)Cc3ccc4c(c3)OCO4)n2)CC1. The molecule has 6 nitrogen and oxygen atoms in total. The van der Waals surface area contributed by atoms with E-state index < -0.39 is 0 Å². The first-order valence-corrected chi connectivity index (χ1v) is 12.9. The molecule has 2 aromatic carbocycles. The van der Waals surface area contributed by atoms with Crippen LogP contribution in [-0.2, 0) is 19.6 Å². The predicted molar refractivity (Wildman–Crippen MR) is 133 cm³/mol. The van der Waals surface area contributed by atoms with Crippen molar-refractivity contribution in [3.63, 3.8) is 0 Å². The highest BCUT2D eigenvalue weighted by molar-refractivity contribution is 7.09. The van der Waals surface area contributed by atoms with Crippen molar-refractivity contribution in [3.05, 3.63) is 74.7 Å². The fourth-order valence-corrected chi connectivity index (χ4v) is 5.30. The van der Waals surface area contributed by atoms with E-state index in [1.54, 1.807) is 11.3 Å². The smallest absolute Gasteiger partial charge is 0.273 e. The molecule has 0 spiro atoms. The van der Waals surface area contributed by atoms with Crippen LogP contribution >= 0.6 is 22.9 Å². The average Bonchev–Trinajstić information content (AvgIpc) is 3.50. The summed E-state index contributed by atoms with van der Waals surface area (Å²) in [5.74, 6) is 2.30. The maximum atomic E-state index is 12.9. The second-order valence-corrected chi connectivity index (χ2v) is 10.4. The number of rotatable bonds is 7. The molecule has 178 valence electrons. The topological polar surface area (TPSA) is 54.9 Å². The number of aromatic nitrogens is 1. The molecule has 1 saturated heterocycles. The zero-order valence-corrected chi connectivity index (χ0v) is 20.8. The van der Waals surface area contributed by atoms with Crippen molar-refractivity contribution in [1.82, 2.24) is 14.8 Å². The molecule has 5 rings (SSSR count). The Morgan fingerprint density at radius 3 is 2.56 bits per heavy atom. The number of carbonyl (C=O) groups is 1. The third-order valence-electron chi connectivity index (χ3n) is 6.36. The van der Waals surface area contributed by atoms with E-state index in [1.807, 2.05) is 46.7 Å². The normalized spacial score (nSPS) is 15.8. The molecule has 2 aliphatic heterocycles. The minimum absolute atomic E-state index is 0.0504. The van der Waals surface area contributed by atoms with Crippen LogP contribution in [0.25, 0.3) is 0 Å². The highest BCUT2D eigenvalue weighted by atomic mass is 35.5. The van der Waals surface area contributed by atoms with Gasteiger partial charge < -0.3 is 14.4 Å². The van der Waals surface area contributed by atoms with Crippen molar-refractivity contribution in [1.29, 1.82) is 0 Å². The van der Waals surface area contributed by atoms with Crippen molar-refractivity contribution >= 4 is 28.8 Å². The van der Waals surface area contributed by atoms with Gasteiger partial charge in [-0.3, -0.25) is 9.69 Å². The Morgan fingerprint density at radius 2 is 1.76 bits per heavy atom. The summed E-state index contributed by atoms with van der Waals surface area (Å²) in [6.45, 7) is 6.24. The number of ether oxygens (including phenoxy) is 2. The number of nitrogens with zero attached hydrogens (tertiary/aromatic N) is 3. The highest BCUT2D eigenvalue weighted by Crippen LogP contribution is 2.33. The van der Waals surface area contributed by atoms with Crippen LogP contribution in [0.5, 0.6) is 11.5 Å². The van der Waals surface area contributed by atoms with Gasteiger partial charge in [0.25, 0.3) is 5.91 Å². The summed E-state index contributed by atoms with van der Waals surface area (Å²) in [5, 5.41) is 3.56. The van der Waals surface area contributed by atoms with Crippen LogP contribution < -0.4 is 9.47 Å². The van der Waals surface area contributed by atoms with Crippen LogP contribution in [0.3, 0.4) is 0 Å². The molecule has 1 amide bonds. The Bertz CT molecular complexity index is 1140. The number of hydrogen-bond acceptors (Lipinski definition) is 6. The molecule has 8 heteroatoms. The lowest BCUT2D eigenvalue weighted by Crippen LogP contribution is -2.38. The molecule has 1 fully saturated rings. The maximum absolute atomic E-state index is 12.9. The van der Waals surface area contributed by atoms with Crippen LogP contribution in [0.1, 0.15) is 46.4 Å². The fourth-order valence-electron chi connectivity index (χ4n) is 4.36. The van der Waals surface area contributed by atoms with Gasteiger partial charge in [-0.05, 0) is 54.2 Å². The summed E-state index contributed by atoms with van der Waals surface area (Å²) in [5.41, 5.74) is 2.86. The molecule has 0 radical (unpaired) electrons. The van der Waals surface area contributed by atoms with Gasteiger partial charge in [0.1, 0.15) is 10.7 Å². The Hall–Kier alpha value is -2.61. The Kier molecular flexibility index (Phi) is 7.04. The van der Waals surface area contributed by atoms with E-state index in [2.05, 4.69) is 17.9 Å². The van der Waals surface area contributed by atoms with Crippen LogP contribution in [-0.4, -0.2) is 40.6 Å². The van der Waals surface area contributed by atoms with Gasteiger partial charge in [0, 0.05) is 36.6 Å². The number of benzene rings is 2. The third-order valence-corrected chi connectivity index (χ3v) is 7.45. The first-order chi connectivity index (χ1) is 16.5. The van der Waals surface area contributed by atoms with E-state index in [9.17, 15) is 4.79 Å². The van der Waals surface area contributed by atoms with Gasteiger partial charge in [-0.2, -0.15) is 0 Å². The monoisotopic (exact) mass is 497 g/mol. The second-order valence-electron chi connectivity index (χ2n) is 9.06. The van der Waals surface area contributed by atoms with Gasteiger partial charge in [-0.1, -0.05) is 36.7 Å². The van der Waals surface area contributed by atoms with Gasteiger partial charge >= 0.3 is 0 Å². The summed E-state index contributed by atoms with van der Waals surface area (Å²) in [4.78, 5) is 21.9. The molecular weight excluding hydrogens is 470 g/mol. The van der Waals surface area contributed by atoms with Crippen LogP contribution in [0, 0.1) is 5.92 Å². The lowest BCUT2D eigenvalue weighted by molar-refractivity contribution is 0.0691.